The predicted molar refractivity (Wildman–Crippen MR) is 55.0 cm³/mol. The van der Waals surface area contributed by atoms with Crippen LogP contribution in [0.15, 0.2) is 29.4 Å². The molecule has 0 saturated carbocycles. The first kappa shape index (κ1) is 10.4. The molecule has 0 aliphatic heterocycles. The fourth-order valence-electron chi connectivity index (χ4n) is 1.15. The normalized spacial score (nSPS) is 11.4. The summed E-state index contributed by atoms with van der Waals surface area (Å²) in [6, 6.07) is 7.29. The van der Waals surface area contributed by atoms with Crippen molar-refractivity contribution >= 4 is 11.5 Å². The molecule has 0 aliphatic rings. The van der Waals surface area contributed by atoms with E-state index in [0.29, 0.717) is 5.56 Å². The molecule has 0 amide bonds. The lowest BCUT2D eigenvalue weighted by atomic mass is 10.0. The van der Waals surface area contributed by atoms with Gasteiger partial charge in [0.15, 0.2) is 0 Å². The smallest absolute Gasteiger partial charge is 0.210 e. The zero-order valence-electron chi connectivity index (χ0n) is 8.32. The number of Topliss-reactive ketones (excluding diaryl/α,β-unsaturated/α-hetero) is 1. The molecule has 0 heterocycles. The lowest BCUT2D eigenvalue weighted by Crippen LogP contribution is -2.10. The minimum atomic E-state index is -0.241. The SMILES string of the molecule is CCc1ccc(C(=O)C(C)=NO)cc1. The molecular weight excluding hydrogens is 178 g/mol. The number of hydrogen-bond acceptors (Lipinski definition) is 3. The molecule has 3 nitrogen and oxygen atoms in total. The third kappa shape index (κ3) is 2.19. The van der Waals surface area contributed by atoms with E-state index in [1.165, 1.54) is 12.5 Å². The van der Waals surface area contributed by atoms with Crippen molar-refractivity contribution in [3.05, 3.63) is 35.4 Å². The molecule has 0 aromatic heterocycles. The van der Waals surface area contributed by atoms with Crippen molar-refractivity contribution in [3.63, 3.8) is 0 Å². The van der Waals surface area contributed by atoms with E-state index in [4.69, 9.17) is 5.21 Å². The molecule has 0 aliphatic carbocycles. The number of hydrogen-bond donors (Lipinski definition) is 1. The maximum Gasteiger partial charge on any atom is 0.210 e. The third-order valence-corrected chi connectivity index (χ3v) is 2.10. The summed E-state index contributed by atoms with van der Waals surface area (Å²) in [7, 11) is 0. The van der Waals surface area contributed by atoms with Crippen LogP contribution in [0.4, 0.5) is 0 Å². The topological polar surface area (TPSA) is 49.7 Å². The molecule has 0 saturated heterocycles. The van der Waals surface area contributed by atoms with Crippen molar-refractivity contribution in [2.24, 2.45) is 5.16 Å². The van der Waals surface area contributed by atoms with Crippen molar-refractivity contribution in [2.45, 2.75) is 20.3 Å². The second-order valence-electron chi connectivity index (χ2n) is 3.07. The lowest BCUT2D eigenvalue weighted by Gasteiger charge is -2.00. The van der Waals surface area contributed by atoms with Crippen LogP contribution in [-0.4, -0.2) is 16.7 Å². The van der Waals surface area contributed by atoms with Gasteiger partial charge in [0.2, 0.25) is 5.78 Å². The quantitative estimate of drug-likeness (QED) is 0.345. The van der Waals surface area contributed by atoms with Crippen molar-refractivity contribution in [1.29, 1.82) is 0 Å². The molecule has 0 radical (unpaired) electrons. The van der Waals surface area contributed by atoms with Crippen molar-refractivity contribution < 1.29 is 10.0 Å². The van der Waals surface area contributed by atoms with Gasteiger partial charge in [0.1, 0.15) is 5.71 Å². The number of benzene rings is 1. The molecule has 0 bridgehead atoms. The van der Waals surface area contributed by atoms with Crippen LogP contribution in [-0.2, 0) is 6.42 Å². The van der Waals surface area contributed by atoms with Crippen LogP contribution in [0.1, 0.15) is 29.8 Å². The van der Waals surface area contributed by atoms with E-state index in [1.54, 1.807) is 12.1 Å². The van der Waals surface area contributed by atoms with Gasteiger partial charge in [-0.15, -0.1) is 0 Å². The highest BCUT2D eigenvalue weighted by molar-refractivity contribution is 6.45. The van der Waals surface area contributed by atoms with Gasteiger partial charge in [-0.1, -0.05) is 36.3 Å². The highest BCUT2D eigenvalue weighted by atomic mass is 16.4. The van der Waals surface area contributed by atoms with Gasteiger partial charge in [-0.25, -0.2) is 0 Å². The van der Waals surface area contributed by atoms with E-state index in [9.17, 15) is 4.79 Å². The number of carbonyl (C=O) groups excluding carboxylic acids is 1. The highest BCUT2D eigenvalue weighted by Crippen LogP contribution is 2.06. The summed E-state index contributed by atoms with van der Waals surface area (Å²) in [4.78, 5) is 11.5. The van der Waals surface area contributed by atoms with Crippen molar-refractivity contribution in [1.82, 2.24) is 0 Å². The zero-order chi connectivity index (χ0) is 10.6. The van der Waals surface area contributed by atoms with E-state index in [2.05, 4.69) is 12.1 Å². The first-order chi connectivity index (χ1) is 6.69. The van der Waals surface area contributed by atoms with Gasteiger partial charge in [-0.3, -0.25) is 4.79 Å². The minimum Gasteiger partial charge on any atom is -0.411 e. The molecule has 0 spiro atoms. The predicted octanol–water partition coefficient (Wildman–Crippen LogP) is 2.28. The van der Waals surface area contributed by atoms with Crippen LogP contribution in [0.25, 0.3) is 0 Å². The molecule has 74 valence electrons. The van der Waals surface area contributed by atoms with Gasteiger partial charge >= 0.3 is 0 Å². The number of nitrogens with zero attached hydrogens (tertiary/aromatic N) is 1. The second-order valence-corrected chi connectivity index (χ2v) is 3.07. The number of carbonyl (C=O) groups is 1. The van der Waals surface area contributed by atoms with Gasteiger partial charge in [-0.05, 0) is 18.9 Å². The van der Waals surface area contributed by atoms with Crippen LogP contribution in [0.2, 0.25) is 0 Å². The Labute approximate surface area is 83.1 Å². The Morgan fingerprint density at radius 2 is 1.93 bits per heavy atom. The van der Waals surface area contributed by atoms with Gasteiger partial charge in [0.05, 0.1) is 0 Å². The fraction of sp³-hybridized carbons (Fsp3) is 0.273. The minimum absolute atomic E-state index is 0.106. The summed E-state index contributed by atoms with van der Waals surface area (Å²) in [5.74, 6) is -0.241. The largest absolute Gasteiger partial charge is 0.411 e. The molecule has 14 heavy (non-hydrogen) atoms. The van der Waals surface area contributed by atoms with E-state index in [0.717, 1.165) is 6.42 Å². The van der Waals surface area contributed by atoms with E-state index < -0.39 is 0 Å². The van der Waals surface area contributed by atoms with Crippen molar-refractivity contribution in [3.8, 4) is 0 Å². The average Bonchev–Trinajstić information content (AvgIpc) is 2.27. The Kier molecular flexibility index (Phi) is 3.40. The number of oxime groups is 1. The van der Waals surface area contributed by atoms with Gasteiger partial charge in [-0.2, -0.15) is 0 Å². The van der Waals surface area contributed by atoms with Crippen LogP contribution < -0.4 is 0 Å². The number of ketones is 1. The Balaban J connectivity index is 2.92. The van der Waals surface area contributed by atoms with E-state index in [-0.39, 0.29) is 11.5 Å². The van der Waals surface area contributed by atoms with Crippen LogP contribution >= 0.6 is 0 Å². The fourth-order valence-corrected chi connectivity index (χ4v) is 1.15. The van der Waals surface area contributed by atoms with E-state index >= 15 is 0 Å². The first-order valence-electron chi connectivity index (χ1n) is 4.51. The Morgan fingerprint density at radius 1 is 1.36 bits per heavy atom. The summed E-state index contributed by atoms with van der Waals surface area (Å²) in [5.41, 5.74) is 1.84. The average molecular weight is 191 g/mol. The third-order valence-electron chi connectivity index (χ3n) is 2.10. The summed E-state index contributed by atoms with van der Waals surface area (Å²) >= 11 is 0. The highest BCUT2D eigenvalue weighted by Gasteiger charge is 2.09. The van der Waals surface area contributed by atoms with Gasteiger partial charge < -0.3 is 5.21 Å². The van der Waals surface area contributed by atoms with Crippen LogP contribution in [0.3, 0.4) is 0 Å². The monoisotopic (exact) mass is 191 g/mol. The van der Waals surface area contributed by atoms with Gasteiger partial charge in [0, 0.05) is 5.56 Å². The van der Waals surface area contributed by atoms with Gasteiger partial charge in [0.25, 0.3) is 0 Å². The molecular formula is C11H13NO2. The maximum absolute atomic E-state index is 11.5. The molecule has 1 N–H and O–H groups in total. The molecule has 1 rings (SSSR count). The Hall–Kier alpha value is -1.64. The molecule has 1 aromatic carbocycles. The Morgan fingerprint density at radius 3 is 2.36 bits per heavy atom. The Bertz CT molecular complexity index is 352. The molecule has 0 unspecified atom stereocenters. The number of rotatable bonds is 3. The standard InChI is InChI=1S/C11H13NO2/c1-3-9-4-6-10(7-5-9)11(13)8(2)12-14/h4-7,14H,3H2,1-2H3. The van der Waals surface area contributed by atoms with E-state index in [1.807, 2.05) is 12.1 Å². The summed E-state index contributed by atoms with van der Waals surface area (Å²) < 4.78 is 0. The lowest BCUT2D eigenvalue weighted by molar-refractivity contribution is 0.106. The van der Waals surface area contributed by atoms with Crippen molar-refractivity contribution in [2.75, 3.05) is 0 Å². The molecule has 0 fully saturated rings. The summed E-state index contributed by atoms with van der Waals surface area (Å²) in [5, 5.41) is 11.3. The zero-order valence-corrected chi connectivity index (χ0v) is 8.32. The van der Waals surface area contributed by atoms with Crippen LogP contribution in [0, 0.1) is 0 Å². The number of aryl methyl sites for hydroxylation is 1. The molecule has 1 aromatic rings. The maximum atomic E-state index is 11.5. The first-order valence-corrected chi connectivity index (χ1v) is 4.51. The molecule has 3 heteroatoms. The molecule has 0 atom stereocenters. The second kappa shape index (κ2) is 4.56. The summed E-state index contributed by atoms with van der Waals surface area (Å²) in [6.45, 7) is 3.54. The summed E-state index contributed by atoms with van der Waals surface area (Å²) in [6.07, 6.45) is 0.946. The van der Waals surface area contributed by atoms with Crippen LogP contribution in [0.5, 0.6) is 0 Å².